The number of anilines is 1. The molecule has 1 aromatic carbocycles. The van der Waals surface area contributed by atoms with E-state index in [1.165, 1.54) is 0 Å². The number of fused-ring (bicyclic) bond motifs is 1. The van der Waals surface area contributed by atoms with Gasteiger partial charge in [-0.2, -0.15) is 5.10 Å². The molecule has 1 aromatic heterocycles. The number of carbonyl (C=O) groups is 1. The van der Waals surface area contributed by atoms with Crippen LogP contribution < -0.4 is 4.90 Å². The molecule has 3 aliphatic rings. The second kappa shape index (κ2) is 7.30. The topological polar surface area (TPSA) is 89.6 Å². The van der Waals surface area contributed by atoms with Gasteiger partial charge in [0.25, 0.3) is 0 Å². The van der Waals surface area contributed by atoms with Crippen LogP contribution in [0.4, 0.5) is 5.69 Å². The van der Waals surface area contributed by atoms with E-state index in [2.05, 4.69) is 15.1 Å². The summed E-state index contributed by atoms with van der Waals surface area (Å²) in [5.74, 6) is 0.251. The predicted molar refractivity (Wildman–Crippen MR) is 120 cm³/mol. The van der Waals surface area contributed by atoms with Gasteiger partial charge in [-0.3, -0.25) is 14.8 Å². The van der Waals surface area contributed by atoms with Gasteiger partial charge in [-0.15, -0.1) is 0 Å². The first-order valence-corrected chi connectivity index (χ1v) is 12.5. The molecule has 3 aliphatic heterocycles. The van der Waals surface area contributed by atoms with E-state index in [0.717, 1.165) is 41.2 Å². The van der Waals surface area contributed by atoms with Gasteiger partial charge < -0.3 is 4.90 Å². The Kier molecular flexibility index (Phi) is 4.93. The van der Waals surface area contributed by atoms with Gasteiger partial charge in [0.1, 0.15) is 0 Å². The summed E-state index contributed by atoms with van der Waals surface area (Å²) in [5, 5.41) is 8.11. The lowest BCUT2D eigenvalue weighted by atomic mass is 9.74. The number of aromatic nitrogens is 2. The first kappa shape index (κ1) is 20.9. The van der Waals surface area contributed by atoms with Crippen molar-refractivity contribution in [3.05, 3.63) is 34.5 Å². The van der Waals surface area contributed by atoms with Crippen LogP contribution in [0, 0.1) is 5.41 Å². The van der Waals surface area contributed by atoms with Crippen LogP contribution in [0.2, 0.25) is 5.02 Å². The van der Waals surface area contributed by atoms with E-state index in [0.29, 0.717) is 37.5 Å². The van der Waals surface area contributed by atoms with Crippen molar-refractivity contribution in [2.75, 3.05) is 43.9 Å². The van der Waals surface area contributed by atoms with Crippen LogP contribution in [0.15, 0.2) is 18.3 Å². The van der Waals surface area contributed by atoms with Crippen LogP contribution in [0.5, 0.6) is 0 Å². The molecule has 0 radical (unpaired) electrons. The molecule has 31 heavy (non-hydrogen) atoms. The van der Waals surface area contributed by atoms with Crippen molar-refractivity contribution in [1.82, 2.24) is 19.4 Å². The van der Waals surface area contributed by atoms with Crippen molar-refractivity contribution in [1.29, 1.82) is 0 Å². The smallest absolute Gasteiger partial charge is 0.227 e. The van der Waals surface area contributed by atoms with E-state index < -0.39 is 10.0 Å². The lowest BCUT2D eigenvalue weighted by Crippen LogP contribution is -2.72. The molecule has 8 nitrogen and oxygen atoms in total. The van der Waals surface area contributed by atoms with Gasteiger partial charge in [-0.25, -0.2) is 12.7 Å². The molecule has 0 atom stereocenters. The van der Waals surface area contributed by atoms with Gasteiger partial charge in [0.15, 0.2) is 0 Å². The number of hydrogen-bond acceptors (Lipinski definition) is 5. The Morgan fingerprint density at radius 3 is 2.65 bits per heavy atom. The third-order valence-electron chi connectivity index (χ3n) is 6.74. The summed E-state index contributed by atoms with van der Waals surface area (Å²) in [6.07, 6.45) is 3.06. The number of amides is 1. The van der Waals surface area contributed by atoms with E-state index >= 15 is 0 Å². The number of likely N-dealkylation sites (tertiary alicyclic amines) is 1. The molecule has 10 heteroatoms. The number of halogens is 1. The molecule has 2 saturated heterocycles. The summed E-state index contributed by atoms with van der Waals surface area (Å²) in [6.45, 7) is 5.39. The fourth-order valence-electron chi connectivity index (χ4n) is 5.16. The Morgan fingerprint density at radius 2 is 1.94 bits per heavy atom. The molecule has 0 bridgehead atoms. The maximum Gasteiger partial charge on any atom is 0.227 e. The number of carbonyl (C=O) groups excluding carboxylic acids is 1. The van der Waals surface area contributed by atoms with Crippen LogP contribution in [0.3, 0.4) is 0 Å². The quantitative estimate of drug-likeness (QED) is 0.733. The van der Waals surface area contributed by atoms with Crippen LogP contribution in [0.25, 0.3) is 11.3 Å². The average Bonchev–Trinajstić information content (AvgIpc) is 3.12. The summed E-state index contributed by atoms with van der Waals surface area (Å²) in [4.78, 5) is 16.3. The number of sulfonamides is 1. The van der Waals surface area contributed by atoms with Crippen molar-refractivity contribution >= 4 is 33.2 Å². The van der Waals surface area contributed by atoms with Gasteiger partial charge in [0.05, 0.1) is 17.1 Å². The second-order valence-corrected chi connectivity index (χ2v) is 11.7. The van der Waals surface area contributed by atoms with Crippen molar-refractivity contribution < 1.29 is 13.2 Å². The number of benzene rings is 1. The molecule has 166 valence electrons. The largest absolute Gasteiger partial charge is 0.315 e. The van der Waals surface area contributed by atoms with E-state index in [4.69, 9.17) is 11.6 Å². The Bertz CT molecular complexity index is 1150. The monoisotopic (exact) mass is 463 g/mol. The number of H-pyrrole nitrogens is 1. The number of rotatable bonds is 5. The van der Waals surface area contributed by atoms with Gasteiger partial charge in [-0.05, 0) is 31.0 Å². The maximum absolute atomic E-state index is 12.3. The summed E-state index contributed by atoms with van der Waals surface area (Å²) in [5.41, 5.74) is 4.76. The minimum absolute atomic E-state index is 0.0913. The van der Waals surface area contributed by atoms with Gasteiger partial charge in [0.2, 0.25) is 15.9 Å². The zero-order chi connectivity index (χ0) is 22.0. The van der Waals surface area contributed by atoms with Crippen molar-refractivity contribution in [3.63, 3.8) is 0 Å². The Hall–Kier alpha value is -1.94. The average molecular weight is 464 g/mol. The Morgan fingerprint density at radius 1 is 1.19 bits per heavy atom. The Labute approximate surface area is 187 Å². The summed E-state index contributed by atoms with van der Waals surface area (Å²) < 4.78 is 25.6. The third-order valence-corrected chi connectivity index (χ3v) is 8.73. The van der Waals surface area contributed by atoms with Crippen LogP contribution in [0.1, 0.15) is 24.5 Å². The molecule has 1 spiro atoms. The third kappa shape index (κ3) is 3.47. The van der Waals surface area contributed by atoms with Crippen LogP contribution >= 0.6 is 11.6 Å². The summed E-state index contributed by atoms with van der Waals surface area (Å²) >= 11 is 6.40. The number of aryl methyl sites for hydroxylation is 1. The minimum Gasteiger partial charge on any atom is -0.315 e. The molecule has 0 aliphatic carbocycles. The normalized spacial score (nSPS) is 21.1. The van der Waals surface area contributed by atoms with Crippen LogP contribution in [-0.4, -0.2) is 72.7 Å². The SMILES string of the molecule is CCS(=O)(=O)N1CC2(CN(Cc3c[nH]nc3-c3cc(Cl)cc4c3N(C)C(=O)CC4)C2)C1. The lowest BCUT2D eigenvalue weighted by Gasteiger charge is -2.59. The maximum atomic E-state index is 12.3. The highest BCUT2D eigenvalue weighted by Crippen LogP contribution is 2.43. The van der Waals surface area contributed by atoms with E-state index in [9.17, 15) is 13.2 Å². The lowest BCUT2D eigenvalue weighted by molar-refractivity contribution is -0.118. The molecule has 1 amide bonds. The van der Waals surface area contributed by atoms with Crippen molar-refractivity contribution in [2.24, 2.45) is 5.41 Å². The molecule has 0 saturated carbocycles. The highest BCUT2D eigenvalue weighted by atomic mass is 35.5. The highest BCUT2D eigenvalue weighted by Gasteiger charge is 2.54. The molecule has 2 fully saturated rings. The zero-order valence-electron chi connectivity index (χ0n) is 17.7. The number of aromatic amines is 1. The first-order chi connectivity index (χ1) is 14.7. The van der Waals surface area contributed by atoms with Crippen molar-refractivity contribution in [3.8, 4) is 11.3 Å². The minimum atomic E-state index is -3.09. The standard InChI is InChI=1S/C21H26ClN5O3S/c1-3-31(29,30)27-12-21(13-27)10-26(11-21)9-15-8-23-24-19(15)17-7-16(22)6-14-4-5-18(28)25(2)20(14)17/h6-8H,3-5,9-13H2,1-2H3,(H,23,24). The summed E-state index contributed by atoms with van der Waals surface area (Å²) in [7, 11) is -1.28. The number of nitrogens with one attached hydrogen (secondary N) is 1. The summed E-state index contributed by atoms with van der Waals surface area (Å²) in [6, 6.07) is 3.81. The van der Waals surface area contributed by atoms with Crippen LogP contribution in [-0.2, 0) is 27.8 Å². The van der Waals surface area contributed by atoms with E-state index in [1.807, 2.05) is 18.3 Å². The zero-order valence-corrected chi connectivity index (χ0v) is 19.3. The first-order valence-electron chi connectivity index (χ1n) is 10.5. The molecule has 5 rings (SSSR count). The highest BCUT2D eigenvalue weighted by molar-refractivity contribution is 7.89. The number of nitrogens with zero attached hydrogens (tertiary/aromatic N) is 4. The molecular formula is C21H26ClN5O3S. The second-order valence-electron chi connectivity index (χ2n) is 8.99. The predicted octanol–water partition coefficient (Wildman–Crippen LogP) is 2.11. The van der Waals surface area contributed by atoms with Gasteiger partial charge in [0, 0.05) is 74.0 Å². The van der Waals surface area contributed by atoms with E-state index in [1.54, 1.807) is 23.2 Å². The molecule has 1 N–H and O–H groups in total. The fraction of sp³-hybridized carbons (Fsp3) is 0.524. The van der Waals surface area contributed by atoms with E-state index in [-0.39, 0.29) is 17.1 Å². The fourth-order valence-corrected chi connectivity index (χ4v) is 6.71. The van der Waals surface area contributed by atoms with Crippen molar-refractivity contribution in [2.45, 2.75) is 26.3 Å². The molecule has 4 heterocycles. The molecule has 2 aromatic rings. The van der Waals surface area contributed by atoms with Gasteiger partial charge >= 0.3 is 0 Å². The Balaban J connectivity index is 1.34. The molecular weight excluding hydrogens is 438 g/mol. The molecule has 0 unspecified atom stereocenters. The van der Waals surface area contributed by atoms with Gasteiger partial charge in [-0.1, -0.05) is 11.6 Å². The number of hydrogen-bond donors (Lipinski definition) is 1.